The fourth-order valence-electron chi connectivity index (χ4n) is 2.83. The molecule has 0 N–H and O–H groups in total. The fraction of sp³-hybridized carbons (Fsp3) is 0.263. The van der Waals surface area contributed by atoms with Gasteiger partial charge in [0.1, 0.15) is 10.6 Å². The second-order valence-corrected chi connectivity index (χ2v) is 7.92. The normalized spacial score (nSPS) is 11.8. The van der Waals surface area contributed by atoms with Gasteiger partial charge in [-0.05, 0) is 38.0 Å². The Morgan fingerprint density at radius 2 is 1.77 bits per heavy atom. The molecule has 0 fully saturated rings. The van der Waals surface area contributed by atoms with E-state index in [4.69, 9.17) is 4.52 Å². The minimum Gasteiger partial charge on any atom is -0.360 e. The molecule has 7 heteroatoms. The number of nitrogens with zero attached hydrogens (tertiary/aromatic N) is 3. The lowest BCUT2D eigenvalue weighted by atomic mass is 10.1. The van der Waals surface area contributed by atoms with Gasteiger partial charge in [0.05, 0.1) is 12.2 Å². The third-order valence-corrected chi connectivity index (χ3v) is 6.21. The summed E-state index contributed by atoms with van der Waals surface area (Å²) in [4.78, 5) is 4.41. The van der Waals surface area contributed by atoms with Crippen molar-refractivity contribution in [3.8, 4) is 0 Å². The van der Waals surface area contributed by atoms with E-state index >= 15 is 0 Å². The molecule has 2 aromatic heterocycles. The maximum absolute atomic E-state index is 13.3. The number of hydrogen-bond donors (Lipinski definition) is 0. The summed E-state index contributed by atoms with van der Waals surface area (Å²) in [6.45, 7) is 3.79. The van der Waals surface area contributed by atoms with Crippen LogP contribution in [-0.4, -0.2) is 29.4 Å². The molecule has 3 rings (SSSR count). The van der Waals surface area contributed by atoms with E-state index in [0.29, 0.717) is 30.1 Å². The number of rotatable bonds is 7. The summed E-state index contributed by atoms with van der Waals surface area (Å²) in [6, 6.07) is 15.3. The Morgan fingerprint density at radius 1 is 1.04 bits per heavy atom. The quantitative estimate of drug-likeness (QED) is 0.638. The van der Waals surface area contributed by atoms with Crippen LogP contribution in [0.25, 0.3) is 0 Å². The number of aromatic nitrogens is 2. The monoisotopic (exact) mass is 371 g/mol. The zero-order chi connectivity index (χ0) is 18.6. The largest absolute Gasteiger partial charge is 0.360 e. The van der Waals surface area contributed by atoms with Gasteiger partial charge in [-0.1, -0.05) is 41.6 Å². The summed E-state index contributed by atoms with van der Waals surface area (Å²) in [5.74, 6) is 0.299. The molecule has 2 heterocycles. The number of sulfonamides is 1. The van der Waals surface area contributed by atoms with Crippen molar-refractivity contribution in [1.29, 1.82) is 0 Å². The van der Waals surface area contributed by atoms with Crippen LogP contribution >= 0.6 is 0 Å². The first-order valence-electron chi connectivity index (χ1n) is 8.35. The highest BCUT2D eigenvalue weighted by Gasteiger charge is 2.31. The molecule has 0 atom stereocenters. The molecule has 6 nitrogen and oxygen atoms in total. The van der Waals surface area contributed by atoms with Crippen molar-refractivity contribution < 1.29 is 12.9 Å². The van der Waals surface area contributed by atoms with Gasteiger partial charge in [0.15, 0.2) is 5.76 Å². The third-order valence-electron chi connectivity index (χ3n) is 4.12. The van der Waals surface area contributed by atoms with Gasteiger partial charge in [0.2, 0.25) is 10.0 Å². The highest BCUT2D eigenvalue weighted by molar-refractivity contribution is 7.89. The molecule has 0 spiro atoms. The molecule has 0 unspecified atom stereocenters. The molecule has 136 valence electrons. The van der Waals surface area contributed by atoms with Crippen LogP contribution < -0.4 is 0 Å². The average molecular weight is 371 g/mol. The fourth-order valence-corrected chi connectivity index (χ4v) is 4.53. The molecular formula is C19H21N3O3S. The molecule has 0 bridgehead atoms. The lowest BCUT2D eigenvalue weighted by molar-refractivity contribution is 0.386. The summed E-state index contributed by atoms with van der Waals surface area (Å²) in [5.41, 5.74) is 2.14. The second-order valence-electron chi connectivity index (χ2n) is 6.05. The molecule has 0 aliphatic carbocycles. The standard InChI is InChI=1S/C19H21N3O3S/c1-15-19(16(2)25-21-15)26(23,24)22(14-18-10-6-7-12-20-18)13-11-17-8-4-3-5-9-17/h3-10,12H,11,13-14H2,1-2H3. The summed E-state index contributed by atoms with van der Waals surface area (Å²) >= 11 is 0. The molecule has 0 saturated heterocycles. The summed E-state index contributed by atoms with van der Waals surface area (Å²) in [7, 11) is -3.75. The van der Waals surface area contributed by atoms with E-state index < -0.39 is 10.0 Å². The number of hydrogen-bond acceptors (Lipinski definition) is 5. The molecule has 3 aromatic rings. The third kappa shape index (κ3) is 4.00. The van der Waals surface area contributed by atoms with Crippen LogP contribution in [0, 0.1) is 13.8 Å². The lowest BCUT2D eigenvalue weighted by Gasteiger charge is -2.22. The molecule has 0 radical (unpaired) electrons. The van der Waals surface area contributed by atoms with Gasteiger partial charge in [-0.3, -0.25) is 4.98 Å². The van der Waals surface area contributed by atoms with E-state index in [0.717, 1.165) is 5.56 Å². The lowest BCUT2D eigenvalue weighted by Crippen LogP contribution is -2.33. The molecule has 0 saturated carbocycles. The smallest absolute Gasteiger partial charge is 0.248 e. The maximum Gasteiger partial charge on any atom is 0.248 e. The van der Waals surface area contributed by atoms with Gasteiger partial charge >= 0.3 is 0 Å². The van der Waals surface area contributed by atoms with Gasteiger partial charge < -0.3 is 4.52 Å². The first-order chi connectivity index (χ1) is 12.5. The van der Waals surface area contributed by atoms with Crippen molar-refractivity contribution in [2.24, 2.45) is 0 Å². The Kier molecular flexibility index (Phi) is 5.49. The van der Waals surface area contributed by atoms with Gasteiger partial charge in [0, 0.05) is 12.7 Å². The number of pyridine rings is 1. The zero-order valence-electron chi connectivity index (χ0n) is 14.8. The second kappa shape index (κ2) is 7.80. The van der Waals surface area contributed by atoms with Crippen LogP contribution in [-0.2, 0) is 23.0 Å². The van der Waals surface area contributed by atoms with Crippen LogP contribution in [0.5, 0.6) is 0 Å². The predicted octanol–water partition coefficient (Wildman–Crippen LogP) is 3.12. The van der Waals surface area contributed by atoms with E-state index in [1.165, 1.54) is 4.31 Å². The summed E-state index contributed by atoms with van der Waals surface area (Å²) in [6.07, 6.45) is 2.27. The Balaban J connectivity index is 1.91. The van der Waals surface area contributed by atoms with Crippen LogP contribution in [0.1, 0.15) is 22.7 Å². The Morgan fingerprint density at radius 3 is 2.38 bits per heavy atom. The molecule has 1 aromatic carbocycles. The SMILES string of the molecule is Cc1noc(C)c1S(=O)(=O)N(CCc1ccccc1)Cc1ccccn1. The van der Waals surface area contributed by atoms with Crippen molar-refractivity contribution in [3.63, 3.8) is 0 Å². The predicted molar refractivity (Wildman–Crippen MR) is 98.0 cm³/mol. The number of aryl methyl sites for hydroxylation is 2. The Labute approximate surface area is 153 Å². The minimum atomic E-state index is -3.75. The van der Waals surface area contributed by atoms with Crippen LogP contribution in [0.15, 0.2) is 64.1 Å². The average Bonchev–Trinajstić information content (AvgIpc) is 2.99. The van der Waals surface area contributed by atoms with E-state index in [1.807, 2.05) is 42.5 Å². The highest BCUT2D eigenvalue weighted by atomic mass is 32.2. The Bertz CT molecular complexity index is 935. The van der Waals surface area contributed by atoms with E-state index in [2.05, 4.69) is 10.1 Å². The van der Waals surface area contributed by atoms with Gasteiger partial charge in [0.25, 0.3) is 0 Å². The highest BCUT2D eigenvalue weighted by Crippen LogP contribution is 2.24. The van der Waals surface area contributed by atoms with Crippen LogP contribution in [0.4, 0.5) is 0 Å². The molecule has 26 heavy (non-hydrogen) atoms. The molecular weight excluding hydrogens is 350 g/mol. The van der Waals surface area contributed by atoms with Crippen molar-refractivity contribution >= 4 is 10.0 Å². The van der Waals surface area contributed by atoms with Gasteiger partial charge in [-0.2, -0.15) is 4.31 Å². The van der Waals surface area contributed by atoms with Crippen molar-refractivity contribution in [2.75, 3.05) is 6.54 Å². The van der Waals surface area contributed by atoms with Gasteiger partial charge in [-0.25, -0.2) is 8.42 Å². The van der Waals surface area contributed by atoms with Gasteiger partial charge in [-0.15, -0.1) is 0 Å². The van der Waals surface area contributed by atoms with E-state index in [1.54, 1.807) is 26.1 Å². The Hall–Kier alpha value is -2.51. The first kappa shape index (κ1) is 18.3. The zero-order valence-corrected chi connectivity index (χ0v) is 15.6. The first-order valence-corrected chi connectivity index (χ1v) is 9.79. The number of benzene rings is 1. The van der Waals surface area contributed by atoms with Crippen LogP contribution in [0.2, 0.25) is 0 Å². The maximum atomic E-state index is 13.3. The van der Waals surface area contributed by atoms with Crippen LogP contribution in [0.3, 0.4) is 0 Å². The summed E-state index contributed by atoms with van der Waals surface area (Å²) in [5, 5.41) is 3.79. The minimum absolute atomic E-state index is 0.140. The van der Waals surface area contributed by atoms with E-state index in [9.17, 15) is 8.42 Å². The summed E-state index contributed by atoms with van der Waals surface area (Å²) < 4.78 is 33.0. The topological polar surface area (TPSA) is 76.3 Å². The van der Waals surface area contributed by atoms with Crippen molar-refractivity contribution in [3.05, 3.63) is 77.4 Å². The molecule has 0 aliphatic heterocycles. The van der Waals surface area contributed by atoms with E-state index in [-0.39, 0.29) is 11.4 Å². The molecule has 0 aliphatic rings. The molecule has 0 amide bonds. The van der Waals surface area contributed by atoms with Crippen molar-refractivity contribution in [1.82, 2.24) is 14.4 Å². The van der Waals surface area contributed by atoms with Crippen molar-refractivity contribution in [2.45, 2.75) is 31.7 Å².